The van der Waals surface area contributed by atoms with Gasteiger partial charge in [-0.05, 0) is 32.0 Å². The van der Waals surface area contributed by atoms with Crippen LogP contribution in [0.4, 0.5) is 14.5 Å². The Balaban J connectivity index is 2.05. The van der Waals surface area contributed by atoms with Crippen molar-refractivity contribution >= 4 is 5.69 Å². The van der Waals surface area contributed by atoms with E-state index in [1.54, 1.807) is 6.07 Å². The maximum Gasteiger partial charge on any atom is 0.160 e. The summed E-state index contributed by atoms with van der Waals surface area (Å²) >= 11 is 0. The molecule has 1 aromatic carbocycles. The zero-order valence-corrected chi connectivity index (χ0v) is 9.34. The Kier molecular flexibility index (Phi) is 3.39. The van der Waals surface area contributed by atoms with Gasteiger partial charge in [0.1, 0.15) is 0 Å². The molecule has 0 spiro atoms. The molecule has 88 valence electrons. The van der Waals surface area contributed by atoms with Crippen molar-refractivity contribution in [2.24, 2.45) is 0 Å². The summed E-state index contributed by atoms with van der Waals surface area (Å²) in [6.45, 7) is 1.77. The Morgan fingerprint density at radius 1 is 1.19 bits per heavy atom. The molecule has 0 atom stereocenters. The van der Waals surface area contributed by atoms with Crippen LogP contribution < -0.4 is 10.2 Å². The molecule has 2 nitrogen and oxygen atoms in total. The highest BCUT2D eigenvalue weighted by atomic mass is 19.2. The molecule has 2 rings (SSSR count). The van der Waals surface area contributed by atoms with Crippen LogP contribution in [0, 0.1) is 11.6 Å². The number of halogens is 2. The van der Waals surface area contributed by atoms with Crippen LogP contribution in [0.25, 0.3) is 0 Å². The van der Waals surface area contributed by atoms with Gasteiger partial charge in [-0.1, -0.05) is 0 Å². The van der Waals surface area contributed by atoms with Gasteiger partial charge in [-0.3, -0.25) is 0 Å². The van der Waals surface area contributed by atoms with Gasteiger partial charge in [-0.25, -0.2) is 8.78 Å². The van der Waals surface area contributed by atoms with E-state index in [4.69, 9.17) is 0 Å². The standard InChI is InChI=1S/C12H16F2N2/c1-15-9-4-6-16(7-5-9)10-2-3-11(13)12(14)8-10/h2-3,8-9,15H,4-7H2,1H3. The molecule has 0 amide bonds. The number of nitrogens with one attached hydrogen (secondary N) is 1. The van der Waals surface area contributed by atoms with Gasteiger partial charge in [-0.2, -0.15) is 0 Å². The lowest BCUT2D eigenvalue weighted by Crippen LogP contribution is -2.41. The number of nitrogens with zero attached hydrogens (tertiary/aromatic N) is 1. The second-order valence-electron chi connectivity index (χ2n) is 4.15. The highest BCUT2D eigenvalue weighted by molar-refractivity contribution is 5.47. The first kappa shape index (κ1) is 11.3. The predicted octanol–water partition coefficient (Wildman–Crippen LogP) is 2.15. The van der Waals surface area contributed by atoms with Crippen LogP contribution in [0.5, 0.6) is 0 Å². The van der Waals surface area contributed by atoms with E-state index in [-0.39, 0.29) is 0 Å². The molecule has 0 bridgehead atoms. The predicted molar refractivity (Wildman–Crippen MR) is 60.7 cm³/mol. The number of piperidine rings is 1. The topological polar surface area (TPSA) is 15.3 Å². The SMILES string of the molecule is CNC1CCN(c2ccc(F)c(F)c2)CC1. The molecular formula is C12H16F2N2. The molecule has 1 saturated heterocycles. The molecule has 1 heterocycles. The molecule has 1 aliphatic heterocycles. The average Bonchev–Trinajstić information content (AvgIpc) is 2.33. The van der Waals surface area contributed by atoms with E-state index in [1.807, 2.05) is 7.05 Å². The number of anilines is 1. The molecular weight excluding hydrogens is 210 g/mol. The van der Waals surface area contributed by atoms with Crippen LogP contribution >= 0.6 is 0 Å². The van der Waals surface area contributed by atoms with E-state index in [0.717, 1.165) is 31.6 Å². The fourth-order valence-electron chi connectivity index (χ4n) is 2.11. The lowest BCUT2D eigenvalue weighted by molar-refractivity contribution is 0.441. The third-order valence-electron chi connectivity index (χ3n) is 3.17. The summed E-state index contributed by atoms with van der Waals surface area (Å²) in [5, 5.41) is 3.24. The van der Waals surface area contributed by atoms with Gasteiger partial charge in [0, 0.05) is 30.9 Å². The lowest BCUT2D eigenvalue weighted by Gasteiger charge is -2.33. The molecule has 0 unspecified atom stereocenters. The summed E-state index contributed by atoms with van der Waals surface area (Å²) in [5.74, 6) is -1.55. The molecule has 1 fully saturated rings. The molecule has 1 aliphatic rings. The summed E-state index contributed by atoms with van der Waals surface area (Å²) < 4.78 is 25.8. The number of hydrogen-bond donors (Lipinski definition) is 1. The first-order chi connectivity index (χ1) is 7.70. The molecule has 1 N–H and O–H groups in total. The minimum Gasteiger partial charge on any atom is -0.371 e. The van der Waals surface area contributed by atoms with E-state index < -0.39 is 11.6 Å². The normalized spacial score (nSPS) is 17.8. The van der Waals surface area contributed by atoms with Gasteiger partial charge >= 0.3 is 0 Å². The fraction of sp³-hybridized carbons (Fsp3) is 0.500. The van der Waals surface area contributed by atoms with Gasteiger partial charge in [0.15, 0.2) is 11.6 Å². The van der Waals surface area contributed by atoms with Crippen molar-refractivity contribution in [1.29, 1.82) is 0 Å². The molecule has 0 aliphatic carbocycles. The largest absolute Gasteiger partial charge is 0.371 e. The van der Waals surface area contributed by atoms with Gasteiger partial charge in [0.05, 0.1) is 0 Å². The second kappa shape index (κ2) is 4.78. The molecule has 16 heavy (non-hydrogen) atoms. The van der Waals surface area contributed by atoms with Crippen LogP contribution in [0.3, 0.4) is 0 Å². The van der Waals surface area contributed by atoms with E-state index in [0.29, 0.717) is 6.04 Å². The fourth-order valence-corrected chi connectivity index (χ4v) is 2.11. The van der Waals surface area contributed by atoms with Crippen molar-refractivity contribution < 1.29 is 8.78 Å². The van der Waals surface area contributed by atoms with Gasteiger partial charge < -0.3 is 10.2 Å². The van der Waals surface area contributed by atoms with Crippen molar-refractivity contribution in [2.45, 2.75) is 18.9 Å². The smallest absolute Gasteiger partial charge is 0.160 e. The molecule has 0 saturated carbocycles. The number of rotatable bonds is 2. The summed E-state index contributed by atoms with van der Waals surface area (Å²) in [4.78, 5) is 2.09. The van der Waals surface area contributed by atoms with E-state index in [2.05, 4.69) is 10.2 Å². The van der Waals surface area contributed by atoms with Gasteiger partial charge in [0.25, 0.3) is 0 Å². The molecule has 4 heteroatoms. The molecule has 1 aromatic rings. The highest BCUT2D eigenvalue weighted by Gasteiger charge is 2.18. The van der Waals surface area contributed by atoms with Crippen molar-refractivity contribution in [2.75, 3.05) is 25.0 Å². The van der Waals surface area contributed by atoms with Crippen LogP contribution in [-0.2, 0) is 0 Å². The van der Waals surface area contributed by atoms with Crippen LogP contribution in [-0.4, -0.2) is 26.2 Å². The zero-order chi connectivity index (χ0) is 11.5. The van der Waals surface area contributed by atoms with E-state index >= 15 is 0 Å². The van der Waals surface area contributed by atoms with Crippen molar-refractivity contribution in [3.63, 3.8) is 0 Å². The third-order valence-corrected chi connectivity index (χ3v) is 3.17. The molecule has 0 aromatic heterocycles. The Hall–Kier alpha value is -1.16. The minimum absolute atomic E-state index is 0.543. The lowest BCUT2D eigenvalue weighted by atomic mass is 10.0. The summed E-state index contributed by atoms with van der Waals surface area (Å²) in [6, 6.07) is 4.64. The quantitative estimate of drug-likeness (QED) is 0.831. The van der Waals surface area contributed by atoms with Crippen LogP contribution in [0.15, 0.2) is 18.2 Å². The first-order valence-electron chi connectivity index (χ1n) is 5.58. The maximum absolute atomic E-state index is 13.1. The monoisotopic (exact) mass is 226 g/mol. The summed E-state index contributed by atoms with van der Waals surface area (Å²) in [5.41, 5.74) is 0.772. The van der Waals surface area contributed by atoms with Crippen molar-refractivity contribution in [1.82, 2.24) is 5.32 Å². The van der Waals surface area contributed by atoms with E-state index in [9.17, 15) is 8.78 Å². The first-order valence-corrected chi connectivity index (χ1v) is 5.58. The summed E-state index contributed by atoms with van der Waals surface area (Å²) in [6.07, 6.45) is 2.07. The minimum atomic E-state index is -0.783. The van der Waals surface area contributed by atoms with Crippen LogP contribution in [0.1, 0.15) is 12.8 Å². The van der Waals surface area contributed by atoms with Gasteiger partial charge in [0.2, 0.25) is 0 Å². The third kappa shape index (κ3) is 2.32. The second-order valence-corrected chi connectivity index (χ2v) is 4.15. The Morgan fingerprint density at radius 2 is 1.88 bits per heavy atom. The van der Waals surface area contributed by atoms with Crippen molar-refractivity contribution in [3.8, 4) is 0 Å². The summed E-state index contributed by atoms with van der Waals surface area (Å²) in [7, 11) is 1.96. The Labute approximate surface area is 94.3 Å². The number of hydrogen-bond acceptors (Lipinski definition) is 2. The zero-order valence-electron chi connectivity index (χ0n) is 9.34. The Bertz CT molecular complexity index is 360. The highest BCUT2D eigenvalue weighted by Crippen LogP contribution is 2.21. The van der Waals surface area contributed by atoms with E-state index in [1.165, 1.54) is 12.1 Å². The number of benzene rings is 1. The van der Waals surface area contributed by atoms with Crippen molar-refractivity contribution in [3.05, 3.63) is 29.8 Å². The Morgan fingerprint density at radius 3 is 2.44 bits per heavy atom. The van der Waals surface area contributed by atoms with Crippen LogP contribution in [0.2, 0.25) is 0 Å². The molecule has 0 radical (unpaired) electrons. The average molecular weight is 226 g/mol. The van der Waals surface area contributed by atoms with Gasteiger partial charge in [-0.15, -0.1) is 0 Å². The maximum atomic E-state index is 13.1.